The second kappa shape index (κ2) is 8.66. The van der Waals surface area contributed by atoms with Gasteiger partial charge in [0, 0.05) is 16.5 Å². The van der Waals surface area contributed by atoms with Crippen LogP contribution < -0.4 is 10.1 Å². The van der Waals surface area contributed by atoms with Crippen molar-refractivity contribution in [1.29, 1.82) is 0 Å². The molecule has 0 aliphatic heterocycles. The summed E-state index contributed by atoms with van der Waals surface area (Å²) in [4.78, 5) is 24.7. The maximum absolute atomic E-state index is 12.4. The molecule has 0 saturated carbocycles. The second-order valence-corrected chi connectivity index (χ2v) is 6.98. The van der Waals surface area contributed by atoms with Crippen LogP contribution in [0.25, 0.3) is 11.0 Å². The molecule has 5 heteroatoms. The van der Waals surface area contributed by atoms with Crippen LogP contribution in [0, 0.1) is 0 Å². The molecular weight excluding hydrogens is 378 g/mol. The van der Waals surface area contributed by atoms with Crippen LogP contribution in [0.3, 0.4) is 0 Å². The van der Waals surface area contributed by atoms with Crippen molar-refractivity contribution < 1.29 is 18.7 Å². The van der Waals surface area contributed by atoms with E-state index < -0.39 is 0 Å². The fourth-order valence-corrected chi connectivity index (χ4v) is 3.18. The van der Waals surface area contributed by atoms with Crippen LogP contribution in [-0.2, 0) is 4.79 Å². The van der Waals surface area contributed by atoms with Crippen LogP contribution in [-0.4, -0.2) is 18.3 Å². The first-order chi connectivity index (χ1) is 14.6. The Labute approximate surface area is 174 Å². The van der Waals surface area contributed by atoms with Gasteiger partial charge in [0.25, 0.3) is 5.91 Å². The van der Waals surface area contributed by atoms with Crippen LogP contribution in [0.5, 0.6) is 5.75 Å². The summed E-state index contributed by atoms with van der Waals surface area (Å²) >= 11 is 0. The summed E-state index contributed by atoms with van der Waals surface area (Å²) in [6.07, 6.45) is 0. The van der Waals surface area contributed by atoms with Crippen LogP contribution in [0.2, 0.25) is 0 Å². The van der Waals surface area contributed by atoms with Crippen molar-refractivity contribution in [2.75, 3.05) is 6.61 Å². The lowest BCUT2D eigenvalue weighted by Crippen LogP contribution is -2.31. The molecule has 0 aliphatic rings. The lowest BCUT2D eigenvalue weighted by molar-refractivity contribution is -0.123. The molecule has 0 saturated heterocycles. The molecule has 3 aromatic carbocycles. The number of hydrogen-bond donors (Lipinski definition) is 1. The SMILES string of the molecule is C[C@H](NC(=O)COc1ccc(C(=O)c2ccccc2)cc1)c1cc2ccccc2o1. The van der Waals surface area contributed by atoms with E-state index >= 15 is 0 Å². The third-order valence-electron chi connectivity index (χ3n) is 4.77. The van der Waals surface area contributed by atoms with Gasteiger partial charge in [-0.3, -0.25) is 9.59 Å². The van der Waals surface area contributed by atoms with E-state index in [4.69, 9.17) is 9.15 Å². The van der Waals surface area contributed by atoms with Crippen LogP contribution >= 0.6 is 0 Å². The molecule has 4 aromatic rings. The van der Waals surface area contributed by atoms with Crippen molar-refractivity contribution in [3.8, 4) is 5.75 Å². The standard InChI is InChI=1S/C25H21NO4/c1-17(23-15-20-9-5-6-10-22(20)30-23)26-24(27)16-29-21-13-11-19(12-14-21)25(28)18-7-3-2-4-8-18/h2-15,17H,16H2,1H3,(H,26,27)/t17-/m0/s1. The Bertz CT molecular complexity index is 1130. The van der Waals surface area contributed by atoms with Gasteiger partial charge in [0.15, 0.2) is 12.4 Å². The predicted molar refractivity (Wildman–Crippen MR) is 115 cm³/mol. The predicted octanol–water partition coefficient (Wildman–Crippen LogP) is 4.92. The molecule has 1 N–H and O–H groups in total. The summed E-state index contributed by atoms with van der Waals surface area (Å²) in [5, 5.41) is 3.86. The third-order valence-corrected chi connectivity index (χ3v) is 4.77. The number of amides is 1. The molecule has 5 nitrogen and oxygen atoms in total. The van der Waals surface area contributed by atoms with E-state index in [-0.39, 0.29) is 24.3 Å². The molecule has 1 amide bonds. The second-order valence-electron chi connectivity index (χ2n) is 6.98. The van der Waals surface area contributed by atoms with Crippen LogP contribution in [0.15, 0.2) is 89.3 Å². The molecule has 0 spiro atoms. The highest BCUT2D eigenvalue weighted by Crippen LogP contribution is 2.23. The molecule has 1 heterocycles. The number of para-hydroxylation sites is 1. The van der Waals surface area contributed by atoms with Gasteiger partial charge < -0.3 is 14.5 Å². The topological polar surface area (TPSA) is 68.5 Å². The van der Waals surface area contributed by atoms with E-state index in [2.05, 4.69) is 5.32 Å². The van der Waals surface area contributed by atoms with Gasteiger partial charge in [-0.05, 0) is 43.3 Å². The fraction of sp³-hybridized carbons (Fsp3) is 0.120. The Morgan fingerprint density at radius 2 is 1.57 bits per heavy atom. The first-order valence-corrected chi connectivity index (χ1v) is 9.70. The van der Waals surface area contributed by atoms with Crippen molar-refractivity contribution in [2.24, 2.45) is 0 Å². The normalized spacial score (nSPS) is 11.8. The van der Waals surface area contributed by atoms with E-state index in [1.807, 2.05) is 55.5 Å². The van der Waals surface area contributed by atoms with Crippen molar-refractivity contribution in [3.63, 3.8) is 0 Å². The Balaban J connectivity index is 1.31. The number of ether oxygens (including phenoxy) is 1. The number of ketones is 1. The largest absolute Gasteiger partial charge is 0.484 e. The number of hydrogen-bond acceptors (Lipinski definition) is 4. The number of benzene rings is 3. The number of rotatable bonds is 7. The molecule has 150 valence electrons. The summed E-state index contributed by atoms with van der Waals surface area (Å²) < 4.78 is 11.3. The van der Waals surface area contributed by atoms with Crippen molar-refractivity contribution in [3.05, 3.63) is 102 Å². The van der Waals surface area contributed by atoms with E-state index in [1.54, 1.807) is 36.4 Å². The molecule has 4 rings (SSSR count). The van der Waals surface area contributed by atoms with Crippen LogP contribution in [0.1, 0.15) is 34.6 Å². The summed E-state index contributed by atoms with van der Waals surface area (Å²) in [6.45, 7) is 1.73. The average Bonchev–Trinajstić information content (AvgIpc) is 3.23. The third kappa shape index (κ3) is 4.41. The van der Waals surface area contributed by atoms with Gasteiger partial charge in [-0.1, -0.05) is 48.5 Å². The summed E-state index contributed by atoms with van der Waals surface area (Å²) in [5.41, 5.74) is 1.98. The molecule has 0 aliphatic carbocycles. The van der Waals surface area contributed by atoms with Gasteiger partial charge in [0.2, 0.25) is 0 Å². The molecule has 0 unspecified atom stereocenters. The lowest BCUT2D eigenvalue weighted by atomic mass is 10.0. The summed E-state index contributed by atoms with van der Waals surface area (Å²) in [5.74, 6) is 0.895. The lowest BCUT2D eigenvalue weighted by Gasteiger charge is -2.12. The molecule has 0 bridgehead atoms. The van der Waals surface area contributed by atoms with Crippen LogP contribution in [0.4, 0.5) is 0 Å². The van der Waals surface area contributed by atoms with Gasteiger partial charge in [-0.2, -0.15) is 0 Å². The van der Waals surface area contributed by atoms with E-state index in [9.17, 15) is 9.59 Å². The minimum atomic E-state index is -0.278. The molecule has 0 radical (unpaired) electrons. The molecule has 1 aromatic heterocycles. The molecule has 1 atom stereocenters. The Hall–Kier alpha value is -3.86. The maximum Gasteiger partial charge on any atom is 0.258 e. The van der Waals surface area contributed by atoms with Gasteiger partial charge in [-0.25, -0.2) is 0 Å². The molecular formula is C25H21NO4. The smallest absolute Gasteiger partial charge is 0.258 e. The average molecular weight is 399 g/mol. The van der Waals surface area contributed by atoms with Crippen molar-refractivity contribution in [2.45, 2.75) is 13.0 Å². The summed E-state index contributed by atoms with van der Waals surface area (Å²) in [6, 6.07) is 25.2. The van der Waals surface area contributed by atoms with Gasteiger partial charge >= 0.3 is 0 Å². The van der Waals surface area contributed by atoms with Crippen molar-refractivity contribution in [1.82, 2.24) is 5.32 Å². The maximum atomic E-state index is 12.4. The van der Waals surface area contributed by atoms with Gasteiger partial charge in [0.05, 0.1) is 6.04 Å². The van der Waals surface area contributed by atoms with Gasteiger partial charge in [0.1, 0.15) is 17.1 Å². The van der Waals surface area contributed by atoms with E-state index in [1.165, 1.54) is 0 Å². The fourth-order valence-electron chi connectivity index (χ4n) is 3.18. The zero-order valence-corrected chi connectivity index (χ0v) is 16.5. The summed E-state index contributed by atoms with van der Waals surface area (Å²) in [7, 11) is 0. The number of fused-ring (bicyclic) bond motifs is 1. The van der Waals surface area contributed by atoms with Gasteiger partial charge in [-0.15, -0.1) is 0 Å². The number of carbonyl (C=O) groups excluding carboxylic acids is 2. The monoisotopic (exact) mass is 399 g/mol. The number of carbonyl (C=O) groups is 2. The van der Waals surface area contributed by atoms with E-state index in [0.717, 1.165) is 11.0 Å². The first kappa shape index (κ1) is 19.5. The molecule has 0 fully saturated rings. The highest BCUT2D eigenvalue weighted by Gasteiger charge is 2.15. The highest BCUT2D eigenvalue weighted by atomic mass is 16.5. The zero-order valence-electron chi connectivity index (χ0n) is 16.5. The molecule has 30 heavy (non-hydrogen) atoms. The number of furan rings is 1. The Kier molecular flexibility index (Phi) is 5.61. The zero-order chi connectivity index (χ0) is 20.9. The first-order valence-electron chi connectivity index (χ1n) is 9.70. The quantitative estimate of drug-likeness (QED) is 0.448. The Morgan fingerprint density at radius 3 is 2.30 bits per heavy atom. The highest BCUT2D eigenvalue weighted by molar-refractivity contribution is 6.09. The Morgan fingerprint density at radius 1 is 0.900 bits per heavy atom. The van der Waals surface area contributed by atoms with E-state index in [0.29, 0.717) is 22.6 Å². The minimum Gasteiger partial charge on any atom is -0.484 e. The number of nitrogens with one attached hydrogen (secondary N) is 1. The minimum absolute atomic E-state index is 0.0560. The van der Waals surface area contributed by atoms with Crippen molar-refractivity contribution >= 4 is 22.7 Å².